The van der Waals surface area contributed by atoms with Gasteiger partial charge in [0.2, 0.25) is 5.95 Å². The Bertz CT molecular complexity index is 1080. The van der Waals surface area contributed by atoms with E-state index in [0.29, 0.717) is 23.5 Å². The summed E-state index contributed by atoms with van der Waals surface area (Å²) in [6.45, 7) is 14.1. The minimum atomic E-state index is -0.147. The van der Waals surface area contributed by atoms with Gasteiger partial charge in [-0.25, -0.2) is 9.67 Å². The first kappa shape index (κ1) is 20.1. The maximum atomic E-state index is 12.2. The third-order valence-corrected chi connectivity index (χ3v) is 5.29. The zero-order valence-corrected chi connectivity index (χ0v) is 17.0. The Morgan fingerprint density at radius 1 is 1.03 bits per heavy atom. The summed E-state index contributed by atoms with van der Waals surface area (Å²) in [4.78, 5) is 25.8. The van der Waals surface area contributed by atoms with Gasteiger partial charge in [0.05, 0.1) is 6.54 Å². The lowest BCUT2D eigenvalue weighted by Crippen LogP contribution is -2.45. The molecule has 0 saturated carbocycles. The van der Waals surface area contributed by atoms with Crippen molar-refractivity contribution in [2.45, 2.75) is 13.1 Å². The number of aromatic amines is 1. The second-order valence-electron chi connectivity index (χ2n) is 7.46. The topological polar surface area (TPSA) is 82.1 Å². The second-order valence-corrected chi connectivity index (χ2v) is 7.46. The third-order valence-electron chi connectivity index (χ3n) is 5.29. The molecule has 0 aliphatic carbocycles. The molecule has 8 heteroatoms. The number of piperazine rings is 1. The number of nitrogens with one attached hydrogen (secondary N) is 2. The Morgan fingerprint density at radius 3 is 2.43 bits per heavy atom. The van der Waals surface area contributed by atoms with Crippen LogP contribution in [0, 0.1) is 0 Å². The van der Waals surface area contributed by atoms with E-state index in [0.717, 1.165) is 45.0 Å². The van der Waals surface area contributed by atoms with Crippen LogP contribution in [0.1, 0.15) is 5.56 Å². The van der Waals surface area contributed by atoms with Gasteiger partial charge in [-0.1, -0.05) is 24.3 Å². The van der Waals surface area contributed by atoms with Gasteiger partial charge in [-0.2, -0.15) is 4.98 Å². The number of H-pyrrole nitrogens is 1. The Balaban J connectivity index is 1.38. The summed E-state index contributed by atoms with van der Waals surface area (Å²) >= 11 is 0. The highest BCUT2D eigenvalue weighted by Gasteiger charge is 2.15. The number of benzene rings is 1. The molecule has 1 fully saturated rings. The molecule has 1 saturated heterocycles. The maximum Gasteiger partial charge on any atom is 0.277 e. The summed E-state index contributed by atoms with van der Waals surface area (Å²) in [6.07, 6.45) is 5.17. The van der Waals surface area contributed by atoms with Gasteiger partial charge in [0.25, 0.3) is 5.56 Å². The molecule has 1 aliphatic rings. The van der Waals surface area contributed by atoms with Crippen LogP contribution in [0.15, 0.2) is 60.6 Å². The molecule has 1 aromatic carbocycles. The van der Waals surface area contributed by atoms with E-state index in [1.807, 2.05) is 18.2 Å². The lowest BCUT2D eigenvalue weighted by Gasteiger charge is -2.34. The quantitative estimate of drug-likeness (QED) is 0.560. The third kappa shape index (κ3) is 4.50. The minimum absolute atomic E-state index is 0.147. The summed E-state index contributed by atoms with van der Waals surface area (Å²) in [6, 6.07) is 8.31. The number of hydrogen-bond donors (Lipinski definition) is 2. The molecule has 0 amide bonds. The van der Waals surface area contributed by atoms with Crippen molar-refractivity contribution >= 4 is 22.7 Å². The number of anilines is 2. The fourth-order valence-corrected chi connectivity index (χ4v) is 3.66. The fraction of sp³-hybridized carbons (Fsp3) is 0.318. The number of fused-ring (bicyclic) bond motifs is 1. The SMILES string of the molecule is C=CCN1CCN(Cc2ccc(Nc3ncc4c(=O)n(CC=C)[nH]c4n3)cc2)CC1. The Labute approximate surface area is 175 Å². The summed E-state index contributed by atoms with van der Waals surface area (Å²) in [5, 5.41) is 6.65. The molecule has 30 heavy (non-hydrogen) atoms. The molecular weight excluding hydrogens is 378 g/mol. The molecular formula is C22H27N7O. The number of nitrogens with zero attached hydrogens (tertiary/aromatic N) is 5. The van der Waals surface area contributed by atoms with E-state index in [1.54, 1.807) is 12.3 Å². The van der Waals surface area contributed by atoms with Crippen LogP contribution in [0.2, 0.25) is 0 Å². The number of aromatic nitrogens is 4. The van der Waals surface area contributed by atoms with Crippen molar-refractivity contribution in [2.24, 2.45) is 0 Å². The van der Waals surface area contributed by atoms with Gasteiger partial charge >= 0.3 is 0 Å². The van der Waals surface area contributed by atoms with Crippen molar-refractivity contribution in [3.05, 3.63) is 71.7 Å². The molecule has 3 aromatic rings. The van der Waals surface area contributed by atoms with Crippen LogP contribution in [0.25, 0.3) is 11.0 Å². The highest BCUT2D eigenvalue weighted by Crippen LogP contribution is 2.17. The fourth-order valence-electron chi connectivity index (χ4n) is 3.66. The van der Waals surface area contributed by atoms with Gasteiger partial charge < -0.3 is 5.32 Å². The van der Waals surface area contributed by atoms with Crippen LogP contribution in [-0.4, -0.2) is 62.3 Å². The molecule has 0 unspecified atom stereocenters. The van der Waals surface area contributed by atoms with E-state index in [4.69, 9.17) is 0 Å². The standard InChI is InChI=1S/C22H27N7O/c1-3-9-27-11-13-28(14-12-27)16-17-5-7-18(8-6-17)24-22-23-15-19-20(25-22)26-29(10-4-2)21(19)30/h3-8,15H,1-2,9-14,16H2,(H2,23,24,25,26). The van der Waals surface area contributed by atoms with Crippen LogP contribution in [-0.2, 0) is 13.1 Å². The predicted octanol–water partition coefficient (Wildman–Crippen LogP) is 2.35. The van der Waals surface area contributed by atoms with Crippen molar-refractivity contribution in [3.63, 3.8) is 0 Å². The van der Waals surface area contributed by atoms with Crippen LogP contribution in [0.5, 0.6) is 0 Å². The van der Waals surface area contributed by atoms with E-state index in [-0.39, 0.29) is 5.56 Å². The van der Waals surface area contributed by atoms with Crippen molar-refractivity contribution in [2.75, 3.05) is 38.0 Å². The first-order chi connectivity index (χ1) is 14.7. The van der Waals surface area contributed by atoms with Gasteiger partial charge in [-0.3, -0.25) is 19.7 Å². The molecule has 3 heterocycles. The van der Waals surface area contributed by atoms with Crippen LogP contribution >= 0.6 is 0 Å². The Hall–Kier alpha value is -3.23. The number of hydrogen-bond acceptors (Lipinski definition) is 6. The van der Waals surface area contributed by atoms with Crippen molar-refractivity contribution in [1.29, 1.82) is 0 Å². The van der Waals surface area contributed by atoms with Crippen LogP contribution < -0.4 is 10.9 Å². The summed E-state index contributed by atoms with van der Waals surface area (Å²) < 4.78 is 1.46. The molecule has 1 aliphatic heterocycles. The van der Waals surface area contributed by atoms with Gasteiger partial charge in [0, 0.05) is 51.2 Å². The normalized spacial score (nSPS) is 15.3. The van der Waals surface area contributed by atoms with Crippen LogP contribution in [0.4, 0.5) is 11.6 Å². The minimum Gasteiger partial charge on any atom is -0.324 e. The predicted molar refractivity (Wildman–Crippen MR) is 120 cm³/mol. The van der Waals surface area contributed by atoms with E-state index >= 15 is 0 Å². The Kier molecular flexibility index (Phi) is 6.06. The van der Waals surface area contributed by atoms with Crippen molar-refractivity contribution < 1.29 is 0 Å². The molecule has 8 nitrogen and oxygen atoms in total. The Morgan fingerprint density at radius 2 is 1.73 bits per heavy atom. The zero-order chi connectivity index (χ0) is 20.9. The van der Waals surface area contributed by atoms with E-state index in [1.165, 1.54) is 10.2 Å². The van der Waals surface area contributed by atoms with Gasteiger partial charge in [-0.15, -0.1) is 13.2 Å². The second kappa shape index (κ2) is 9.06. The van der Waals surface area contributed by atoms with Gasteiger partial charge in [0.1, 0.15) is 5.39 Å². The van der Waals surface area contributed by atoms with Gasteiger partial charge in [0.15, 0.2) is 5.65 Å². The maximum absolute atomic E-state index is 12.2. The molecule has 0 atom stereocenters. The highest BCUT2D eigenvalue weighted by molar-refractivity contribution is 5.74. The van der Waals surface area contributed by atoms with E-state index in [2.05, 4.69) is 55.5 Å². The smallest absolute Gasteiger partial charge is 0.277 e. The number of allylic oxidation sites excluding steroid dienone is 1. The molecule has 156 valence electrons. The monoisotopic (exact) mass is 405 g/mol. The highest BCUT2D eigenvalue weighted by atomic mass is 16.1. The summed E-state index contributed by atoms with van der Waals surface area (Å²) in [5.41, 5.74) is 2.54. The lowest BCUT2D eigenvalue weighted by atomic mass is 10.2. The average Bonchev–Trinajstić information content (AvgIpc) is 3.06. The van der Waals surface area contributed by atoms with Crippen molar-refractivity contribution in [1.82, 2.24) is 29.5 Å². The lowest BCUT2D eigenvalue weighted by molar-refractivity contribution is 0.137. The molecule has 0 spiro atoms. The average molecular weight is 406 g/mol. The summed E-state index contributed by atoms with van der Waals surface area (Å²) in [7, 11) is 0. The number of rotatable bonds is 8. The van der Waals surface area contributed by atoms with E-state index in [9.17, 15) is 4.79 Å². The largest absolute Gasteiger partial charge is 0.324 e. The summed E-state index contributed by atoms with van der Waals surface area (Å²) in [5.74, 6) is 0.445. The first-order valence-corrected chi connectivity index (χ1v) is 10.1. The molecule has 0 radical (unpaired) electrons. The first-order valence-electron chi connectivity index (χ1n) is 10.1. The molecule has 2 N–H and O–H groups in total. The zero-order valence-electron chi connectivity index (χ0n) is 17.0. The molecule has 4 rings (SSSR count). The molecule has 2 aromatic heterocycles. The van der Waals surface area contributed by atoms with Crippen molar-refractivity contribution in [3.8, 4) is 0 Å². The molecule has 0 bridgehead atoms. The van der Waals surface area contributed by atoms with E-state index < -0.39 is 0 Å². The van der Waals surface area contributed by atoms with Crippen LogP contribution in [0.3, 0.4) is 0 Å². The van der Waals surface area contributed by atoms with Gasteiger partial charge in [-0.05, 0) is 17.7 Å².